The summed E-state index contributed by atoms with van der Waals surface area (Å²) in [6.45, 7) is 0.183. The number of nitrogens with two attached hydrogens (primary N) is 1. The number of benzene rings is 2. The van der Waals surface area contributed by atoms with Gasteiger partial charge in [0.05, 0.1) is 6.04 Å². The molecule has 2 aromatic rings. The molecule has 2 N–H and O–H groups in total. The summed E-state index contributed by atoms with van der Waals surface area (Å²) in [5, 5.41) is 0. The third kappa shape index (κ3) is 1.84. The summed E-state index contributed by atoms with van der Waals surface area (Å²) < 4.78 is 24.0. The van der Waals surface area contributed by atoms with Crippen molar-refractivity contribution in [2.45, 2.75) is 12.1 Å². The maximum Gasteiger partial charge on any atom is 0.247 e. The molecule has 1 amide bonds. The Labute approximate surface area is 126 Å². The van der Waals surface area contributed by atoms with Crippen molar-refractivity contribution in [3.8, 4) is 11.5 Å². The van der Waals surface area contributed by atoms with Gasteiger partial charge in [-0.25, -0.2) is 4.39 Å². The largest absolute Gasteiger partial charge is 0.454 e. The van der Waals surface area contributed by atoms with Crippen LogP contribution in [0.1, 0.15) is 11.6 Å². The molecule has 0 radical (unpaired) electrons. The zero-order valence-corrected chi connectivity index (χ0v) is 11.5. The topological polar surface area (TPSA) is 64.8 Å². The predicted octanol–water partition coefficient (Wildman–Crippen LogP) is 1.97. The molecule has 5 nitrogen and oxygen atoms in total. The number of nitrogens with zero attached hydrogens (tertiary/aromatic N) is 1. The van der Waals surface area contributed by atoms with Crippen LogP contribution in [0.4, 0.5) is 10.1 Å². The SMILES string of the molecule is NC1C(=O)N(c2cccc(F)c2)C1c1ccc2c(c1)OCO2. The summed E-state index contributed by atoms with van der Waals surface area (Å²) in [5.74, 6) is 0.673. The lowest BCUT2D eigenvalue weighted by Crippen LogP contribution is -2.63. The second kappa shape index (κ2) is 4.71. The minimum atomic E-state index is -0.649. The van der Waals surface area contributed by atoms with Crippen molar-refractivity contribution >= 4 is 11.6 Å². The van der Waals surface area contributed by atoms with Crippen LogP contribution < -0.4 is 20.1 Å². The van der Waals surface area contributed by atoms with Crippen LogP contribution in [0.25, 0.3) is 0 Å². The van der Waals surface area contributed by atoms with Gasteiger partial charge in [-0.1, -0.05) is 12.1 Å². The number of carbonyl (C=O) groups is 1. The standard InChI is InChI=1S/C16H13FN2O3/c17-10-2-1-3-11(7-10)19-15(14(18)16(19)20)9-4-5-12-13(6-9)22-8-21-12/h1-7,14-15H,8,18H2. The second-order valence-corrected chi connectivity index (χ2v) is 5.27. The van der Waals surface area contributed by atoms with Gasteiger partial charge in [-0.2, -0.15) is 0 Å². The first-order chi connectivity index (χ1) is 10.6. The molecule has 0 aromatic heterocycles. The normalized spacial score (nSPS) is 22.6. The molecule has 2 aliphatic rings. The number of ether oxygens (including phenoxy) is 2. The lowest BCUT2D eigenvalue weighted by atomic mass is 9.88. The van der Waals surface area contributed by atoms with Gasteiger partial charge >= 0.3 is 0 Å². The van der Waals surface area contributed by atoms with Crippen LogP contribution in [0.15, 0.2) is 42.5 Å². The molecular formula is C16H13FN2O3. The molecule has 2 atom stereocenters. The Morgan fingerprint density at radius 2 is 1.95 bits per heavy atom. The van der Waals surface area contributed by atoms with Crippen molar-refractivity contribution in [2.75, 3.05) is 11.7 Å². The number of halogens is 1. The maximum absolute atomic E-state index is 13.4. The molecule has 1 fully saturated rings. The molecule has 2 heterocycles. The van der Waals surface area contributed by atoms with Crippen molar-refractivity contribution in [3.05, 3.63) is 53.8 Å². The van der Waals surface area contributed by atoms with Crippen LogP contribution in [0.5, 0.6) is 11.5 Å². The van der Waals surface area contributed by atoms with Gasteiger partial charge in [-0.05, 0) is 35.9 Å². The average molecular weight is 300 g/mol. The van der Waals surface area contributed by atoms with Gasteiger partial charge in [-0.3, -0.25) is 4.79 Å². The molecule has 6 heteroatoms. The molecule has 2 aliphatic heterocycles. The Morgan fingerprint density at radius 3 is 2.77 bits per heavy atom. The third-order valence-electron chi connectivity index (χ3n) is 3.97. The highest BCUT2D eigenvalue weighted by Crippen LogP contribution is 2.42. The highest BCUT2D eigenvalue weighted by Gasteiger charge is 2.47. The van der Waals surface area contributed by atoms with Crippen molar-refractivity contribution < 1.29 is 18.7 Å². The monoisotopic (exact) mass is 300 g/mol. The predicted molar refractivity (Wildman–Crippen MR) is 77.2 cm³/mol. The lowest BCUT2D eigenvalue weighted by Gasteiger charge is -2.45. The Hall–Kier alpha value is -2.60. The third-order valence-corrected chi connectivity index (χ3v) is 3.97. The number of fused-ring (bicyclic) bond motifs is 1. The van der Waals surface area contributed by atoms with Gasteiger partial charge in [0.25, 0.3) is 0 Å². The minimum Gasteiger partial charge on any atom is -0.454 e. The van der Waals surface area contributed by atoms with E-state index in [0.29, 0.717) is 17.2 Å². The van der Waals surface area contributed by atoms with E-state index in [-0.39, 0.29) is 18.7 Å². The van der Waals surface area contributed by atoms with Crippen LogP contribution in [0, 0.1) is 5.82 Å². The number of hydrogen-bond acceptors (Lipinski definition) is 4. The van der Waals surface area contributed by atoms with Gasteiger partial charge in [0.15, 0.2) is 11.5 Å². The zero-order valence-electron chi connectivity index (χ0n) is 11.5. The molecule has 2 unspecified atom stereocenters. The summed E-state index contributed by atoms with van der Waals surface area (Å²) in [6, 6.07) is 10.4. The van der Waals surface area contributed by atoms with E-state index in [1.165, 1.54) is 17.0 Å². The minimum absolute atomic E-state index is 0.183. The molecule has 1 saturated heterocycles. The molecule has 2 aromatic carbocycles. The van der Waals surface area contributed by atoms with E-state index in [2.05, 4.69) is 0 Å². The number of rotatable bonds is 2. The fraction of sp³-hybridized carbons (Fsp3) is 0.188. The van der Waals surface area contributed by atoms with E-state index in [9.17, 15) is 9.18 Å². The van der Waals surface area contributed by atoms with Crippen LogP contribution in [0.2, 0.25) is 0 Å². The van der Waals surface area contributed by atoms with Crippen molar-refractivity contribution in [1.29, 1.82) is 0 Å². The zero-order chi connectivity index (χ0) is 15.3. The molecule has 0 bridgehead atoms. The first-order valence-electron chi connectivity index (χ1n) is 6.89. The maximum atomic E-state index is 13.4. The Kier molecular flexibility index (Phi) is 2.80. The van der Waals surface area contributed by atoms with Crippen molar-refractivity contribution in [2.24, 2.45) is 5.73 Å². The van der Waals surface area contributed by atoms with Gasteiger partial charge in [0, 0.05) is 5.69 Å². The van der Waals surface area contributed by atoms with E-state index in [1.54, 1.807) is 18.2 Å². The van der Waals surface area contributed by atoms with Crippen molar-refractivity contribution in [1.82, 2.24) is 0 Å². The highest BCUT2D eigenvalue weighted by molar-refractivity contribution is 6.05. The van der Waals surface area contributed by atoms with Crippen LogP contribution in [-0.4, -0.2) is 18.7 Å². The van der Waals surface area contributed by atoms with Crippen LogP contribution in [0.3, 0.4) is 0 Å². The first-order valence-corrected chi connectivity index (χ1v) is 6.89. The first kappa shape index (κ1) is 13.1. The van der Waals surface area contributed by atoms with E-state index < -0.39 is 11.9 Å². The van der Waals surface area contributed by atoms with Gasteiger partial charge < -0.3 is 20.1 Å². The van der Waals surface area contributed by atoms with Crippen LogP contribution in [-0.2, 0) is 4.79 Å². The fourth-order valence-corrected chi connectivity index (χ4v) is 2.88. The summed E-state index contributed by atoms with van der Waals surface area (Å²) in [7, 11) is 0. The highest BCUT2D eigenvalue weighted by atomic mass is 19.1. The van der Waals surface area contributed by atoms with Gasteiger partial charge in [0.1, 0.15) is 11.9 Å². The molecule has 4 rings (SSSR count). The van der Waals surface area contributed by atoms with Crippen LogP contribution >= 0.6 is 0 Å². The Morgan fingerprint density at radius 1 is 1.14 bits per heavy atom. The Balaban J connectivity index is 1.72. The van der Waals surface area contributed by atoms with Gasteiger partial charge in [0.2, 0.25) is 12.7 Å². The molecule has 0 aliphatic carbocycles. The van der Waals surface area contributed by atoms with E-state index >= 15 is 0 Å². The number of amides is 1. The van der Waals surface area contributed by atoms with Gasteiger partial charge in [-0.15, -0.1) is 0 Å². The smallest absolute Gasteiger partial charge is 0.247 e. The number of carbonyl (C=O) groups excluding carboxylic acids is 1. The quantitative estimate of drug-likeness (QED) is 0.861. The molecule has 22 heavy (non-hydrogen) atoms. The van der Waals surface area contributed by atoms with E-state index in [4.69, 9.17) is 15.2 Å². The number of anilines is 1. The summed E-state index contributed by atoms with van der Waals surface area (Å²) in [4.78, 5) is 13.6. The molecule has 112 valence electrons. The average Bonchev–Trinajstić information content (AvgIpc) is 2.98. The van der Waals surface area contributed by atoms with Crippen molar-refractivity contribution in [3.63, 3.8) is 0 Å². The summed E-state index contributed by atoms with van der Waals surface area (Å²) >= 11 is 0. The fourth-order valence-electron chi connectivity index (χ4n) is 2.88. The number of hydrogen-bond donors (Lipinski definition) is 1. The Bertz CT molecular complexity index is 765. The molecule has 0 spiro atoms. The lowest BCUT2D eigenvalue weighted by molar-refractivity contribution is -0.126. The molecular weight excluding hydrogens is 287 g/mol. The summed E-state index contributed by atoms with van der Waals surface area (Å²) in [5.41, 5.74) is 7.28. The summed E-state index contributed by atoms with van der Waals surface area (Å²) in [6.07, 6.45) is 0. The second-order valence-electron chi connectivity index (χ2n) is 5.27. The molecule has 0 saturated carbocycles. The van der Waals surface area contributed by atoms with E-state index in [1.807, 2.05) is 12.1 Å². The number of β-lactam (4-membered cyclic amide) rings is 1. The van der Waals surface area contributed by atoms with E-state index in [0.717, 1.165) is 5.56 Å².